The summed E-state index contributed by atoms with van der Waals surface area (Å²) in [6.45, 7) is 9.33. The van der Waals surface area contributed by atoms with E-state index in [0.29, 0.717) is 0 Å². The molecule has 38 heavy (non-hydrogen) atoms. The van der Waals surface area contributed by atoms with Crippen molar-refractivity contribution >= 4 is 23.9 Å². The minimum absolute atomic E-state index is 0. The molecule has 0 saturated carbocycles. The molecule has 4 N–H and O–H groups in total. The molecular formula is C20H40O16Ti2. The van der Waals surface area contributed by atoms with Crippen molar-refractivity contribution in [3.8, 4) is 0 Å². The van der Waals surface area contributed by atoms with Gasteiger partial charge in [-0.2, -0.15) is 0 Å². The van der Waals surface area contributed by atoms with E-state index in [2.05, 4.69) is 0 Å². The second kappa shape index (κ2) is 60.5. The molecule has 0 spiro atoms. The average Bonchev–Trinajstić information content (AvgIpc) is 2.67. The van der Waals surface area contributed by atoms with Crippen molar-refractivity contribution in [2.45, 2.75) is 79.8 Å². The maximum atomic E-state index is 9.53. The van der Waals surface area contributed by atoms with Crippen molar-refractivity contribution in [1.82, 2.24) is 0 Å². The molecule has 0 aromatic rings. The van der Waals surface area contributed by atoms with E-state index in [0.717, 1.165) is 0 Å². The zero-order valence-electron chi connectivity index (χ0n) is 22.8. The number of hydrogen-bond donors (Lipinski definition) is 4. The fraction of sp³-hybridized carbons (Fsp3) is 0.800. The summed E-state index contributed by atoms with van der Waals surface area (Å²) in [6.07, 6.45) is -1.67. The first-order chi connectivity index (χ1) is 16.0. The predicted octanol–water partition coefficient (Wildman–Crippen LogP) is -10.1. The van der Waals surface area contributed by atoms with Gasteiger partial charge in [0.1, 0.15) is 0 Å². The van der Waals surface area contributed by atoms with E-state index >= 15 is 0 Å². The van der Waals surface area contributed by atoms with Gasteiger partial charge in [0.2, 0.25) is 0 Å². The van der Waals surface area contributed by atoms with Gasteiger partial charge >= 0.3 is 43.4 Å². The predicted molar refractivity (Wildman–Crippen MR) is 109 cm³/mol. The third kappa shape index (κ3) is 828. The van der Waals surface area contributed by atoms with E-state index in [1.165, 1.54) is 0 Å². The van der Waals surface area contributed by atoms with Crippen LogP contribution in [0.3, 0.4) is 0 Å². The van der Waals surface area contributed by atoms with Crippen LogP contribution in [0.4, 0.5) is 0 Å². The molecule has 0 unspecified atom stereocenters. The summed E-state index contributed by atoms with van der Waals surface area (Å²) < 4.78 is 0. The van der Waals surface area contributed by atoms with E-state index in [-0.39, 0.29) is 43.4 Å². The molecule has 0 aliphatic heterocycles. The number of carboxylic acids is 4. The number of hydrogen-bond acceptors (Lipinski definition) is 16. The quantitative estimate of drug-likeness (QED) is 0.209. The van der Waals surface area contributed by atoms with E-state index in [9.17, 15) is 20.4 Å². The second-order valence-corrected chi connectivity index (χ2v) is 6.32. The monoisotopic (exact) mass is 632 g/mol. The summed E-state index contributed by atoms with van der Waals surface area (Å²) in [5, 5.41) is 104. The molecule has 0 aliphatic rings. The Morgan fingerprint density at radius 1 is 0.421 bits per heavy atom. The number of aliphatic hydroxyl groups excluding tert-OH is 4. The average molecular weight is 632 g/mol. The summed E-state index contributed by atoms with van der Waals surface area (Å²) in [5.41, 5.74) is 0. The van der Waals surface area contributed by atoms with Gasteiger partial charge in [0, 0.05) is 0 Å². The summed E-state index contributed by atoms with van der Waals surface area (Å²) >= 11 is 0. The Balaban J connectivity index is -0.0000000293. The van der Waals surface area contributed by atoms with Crippen LogP contribution in [0.25, 0.3) is 0 Å². The molecule has 0 aromatic carbocycles. The van der Waals surface area contributed by atoms with Gasteiger partial charge in [-0.1, -0.05) is 55.4 Å². The second-order valence-electron chi connectivity index (χ2n) is 6.32. The number of carbonyl (C=O) groups excluding carboxylic acids is 4. The van der Waals surface area contributed by atoms with Gasteiger partial charge in [0.15, 0.2) is 0 Å². The van der Waals surface area contributed by atoms with Crippen molar-refractivity contribution in [3.63, 3.8) is 0 Å². The Hall–Kier alpha value is -1.01. The third-order valence-corrected chi connectivity index (χ3v) is 0.516. The van der Waals surface area contributed by atoms with Crippen LogP contribution in [0, 0.1) is 0 Å². The first-order valence-corrected chi connectivity index (χ1v) is 9.87. The standard InChI is InChI=1S/4C3H7O.4C2H4O3.2Ti/c4*1-3(2)4;4*3-1-2(4)5;;/h4*3H,1-2H3;4*3H,1H2,(H,4,5);;/q4*-1;;;;;2*+4/p-4. The summed E-state index contributed by atoms with van der Waals surface area (Å²) in [4.78, 5) is 36.0. The number of carbonyl (C=O) groups is 4. The Morgan fingerprint density at radius 2 is 0.447 bits per heavy atom. The van der Waals surface area contributed by atoms with Crippen LogP contribution in [0.2, 0.25) is 0 Å². The molecule has 0 aromatic heterocycles. The van der Waals surface area contributed by atoms with Crippen LogP contribution < -0.4 is 40.9 Å². The van der Waals surface area contributed by atoms with Gasteiger partial charge < -0.3 is 80.5 Å². The first kappa shape index (κ1) is 65.8. The Kier molecular flexibility index (Phi) is 105. The van der Waals surface area contributed by atoms with Crippen LogP contribution in [0.5, 0.6) is 0 Å². The number of aliphatic hydroxyl groups is 4. The van der Waals surface area contributed by atoms with Crippen molar-refractivity contribution < 1.29 is 124 Å². The van der Waals surface area contributed by atoms with E-state index in [1.54, 1.807) is 55.4 Å². The topological polar surface area (TPSA) is 334 Å². The van der Waals surface area contributed by atoms with Crippen molar-refractivity contribution in [3.05, 3.63) is 0 Å². The smallest absolute Gasteiger partial charge is 0.852 e. The van der Waals surface area contributed by atoms with Crippen molar-refractivity contribution in [2.24, 2.45) is 0 Å². The molecule has 0 radical (unpaired) electrons. The van der Waals surface area contributed by atoms with Gasteiger partial charge in [-0.15, -0.1) is 24.4 Å². The summed E-state index contributed by atoms with van der Waals surface area (Å²) in [5.74, 6) is -5.76. The number of carboxylic acid groups (broad SMARTS) is 4. The van der Waals surface area contributed by atoms with Gasteiger partial charge in [-0.25, -0.2) is 0 Å². The fourth-order valence-corrected chi connectivity index (χ4v) is 0. The van der Waals surface area contributed by atoms with E-state index < -0.39 is 74.7 Å². The summed E-state index contributed by atoms with van der Waals surface area (Å²) in [6, 6.07) is 0. The molecule has 224 valence electrons. The SMILES string of the molecule is CC(C)[O-].CC(C)[O-].CC(C)[O-].CC(C)[O-].O=C([O-])CO.O=C([O-])CO.O=C([O-])CO.O=C([O-])CO.[Ti+4].[Ti+4]. The van der Waals surface area contributed by atoms with Gasteiger partial charge in [-0.3, -0.25) is 0 Å². The zero-order chi connectivity index (χ0) is 31.4. The largest absolute Gasteiger partial charge is 4.00 e. The zero-order valence-corrected chi connectivity index (χ0v) is 25.9. The summed E-state index contributed by atoms with van der Waals surface area (Å²) in [7, 11) is 0. The van der Waals surface area contributed by atoms with Crippen LogP contribution in [-0.4, -0.2) is 95.1 Å². The number of aliphatic carboxylic acids is 4. The molecular weight excluding hydrogens is 592 g/mol. The molecule has 0 saturated heterocycles. The molecule has 0 bridgehead atoms. The molecule has 0 rings (SSSR count). The Morgan fingerprint density at radius 3 is 0.447 bits per heavy atom. The third-order valence-electron chi connectivity index (χ3n) is 0.516. The number of rotatable bonds is 4. The van der Waals surface area contributed by atoms with Gasteiger partial charge in [-0.05, 0) is 0 Å². The van der Waals surface area contributed by atoms with Crippen molar-refractivity contribution in [1.29, 1.82) is 0 Å². The molecule has 0 aliphatic carbocycles. The molecule has 18 heteroatoms. The van der Waals surface area contributed by atoms with Crippen LogP contribution >= 0.6 is 0 Å². The van der Waals surface area contributed by atoms with Crippen LogP contribution in [0.15, 0.2) is 0 Å². The van der Waals surface area contributed by atoms with Gasteiger partial charge in [0.25, 0.3) is 0 Å². The molecule has 16 nitrogen and oxygen atoms in total. The maximum Gasteiger partial charge on any atom is 4.00 e. The van der Waals surface area contributed by atoms with Gasteiger partial charge in [0.05, 0.1) is 50.3 Å². The fourth-order valence-electron chi connectivity index (χ4n) is 0. The minimum Gasteiger partial charge on any atom is -0.852 e. The maximum absolute atomic E-state index is 9.53. The molecule has 0 atom stereocenters. The normalized spacial score (nSPS) is 7.68. The Bertz CT molecular complexity index is 358. The van der Waals surface area contributed by atoms with E-state index in [4.69, 9.17) is 60.0 Å². The molecule has 0 fully saturated rings. The van der Waals surface area contributed by atoms with Crippen LogP contribution in [-0.2, 0) is 62.6 Å². The first-order valence-electron chi connectivity index (χ1n) is 9.87. The molecule has 0 amide bonds. The molecule has 0 heterocycles. The minimum atomic E-state index is -1.44. The van der Waals surface area contributed by atoms with Crippen LogP contribution in [0.1, 0.15) is 55.4 Å². The Labute approximate surface area is 253 Å². The van der Waals surface area contributed by atoms with Crippen molar-refractivity contribution in [2.75, 3.05) is 26.4 Å². The van der Waals surface area contributed by atoms with E-state index in [1.807, 2.05) is 0 Å².